The van der Waals surface area contributed by atoms with Crippen LogP contribution in [0.2, 0.25) is 0 Å². The van der Waals surface area contributed by atoms with Gasteiger partial charge >= 0.3 is 0 Å². The van der Waals surface area contributed by atoms with Crippen LogP contribution in [0.5, 0.6) is 0 Å². The van der Waals surface area contributed by atoms with Gasteiger partial charge in [-0.15, -0.1) is 0 Å². The van der Waals surface area contributed by atoms with Crippen molar-refractivity contribution in [2.24, 2.45) is 5.92 Å². The van der Waals surface area contributed by atoms with Gasteiger partial charge in [-0.2, -0.15) is 0 Å². The third-order valence-corrected chi connectivity index (χ3v) is 5.15. The summed E-state index contributed by atoms with van der Waals surface area (Å²) in [5.41, 5.74) is 0.432. The third kappa shape index (κ3) is 2.97. The van der Waals surface area contributed by atoms with Crippen LogP contribution in [0, 0.1) is 12.8 Å². The van der Waals surface area contributed by atoms with Crippen molar-refractivity contribution < 1.29 is 9.84 Å². The van der Waals surface area contributed by atoms with Crippen LogP contribution in [0.1, 0.15) is 44.6 Å². The molecule has 122 valence electrons. The summed E-state index contributed by atoms with van der Waals surface area (Å²) < 4.78 is 5.66. The lowest BCUT2D eigenvalue weighted by atomic mass is 9.79. The van der Waals surface area contributed by atoms with Crippen molar-refractivity contribution in [2.75, 3.05) is 24.7 Å². The van der Waals surface area contributed by atoms with Gasteiger partial charge in [0.15, 0.2) is 0 Å². The second-order valence-electron chi connectivity index (χ2n) is 6.81. The summed E-state index contributed by atoms with van der Waals surface area (Å²) in [4.78, 5) is 11.5. The molecule has 5 nitrogen and oxygen atoms in total. The number of aryl methyl sites for hydroxylation is 2. The standard InChI is InChI=1S/C17H27N3O2/c1-4-13-10-16(19-12(2)18-13)20-8-5-6-15(20)14-11-22-9-7-17(14,3)21/h10,14-15,21H,4-9,11H2,1-3H3/t14-,15-,17+/m1/s1. The largest absolute Gasteiger partial charge is 0.390 e. The highest BCUT2D eigenvalue weighted by molar-refractivity contribution is 5.43. The molecule has 0 radical (unpaired) electrons. The number of hydrogen-bond acceptors (Lipinski definition) is 5. The molecule has 0 amide bonds. The second-order valence-corrected chi connectivity index (χ2v) is 6.81. The van der Waals surface area contributed by atoms with E-state index in [2.05, 4.69) is 27.9 Å². The fraction of sp³-hybridized carbons (Fsp3) is 0.765. The smallest absolute Gasteiger partial charge is 0.132 e. The first-order chi connectivity index (χ1) is 10.5. The van der Waals surface area contributed by atoms with Gasteiger partial charge in [-0.05, 0) is 39.5 Å². The number of ether oxygens (including phenoxy) is 1. The maximum absolute atomic E-state index is 10.8. The van der Waals surface area contributed by atoms with Crippen LogP contribution < -0.4 is 4.90 Å². The van der Waals surface area contributed by atoms with Gasteiger partial charge in [0.05, 0.1) is 12.2 Å². The van der Waals surface area contributed by atoms with Crippen molar-refractivity contribution in [3.8, 4) is 0 Å². The highest BCUT2D eigenvalue weighted by Gasteiger charge is 2.44. The van der Waals surface area contributed by atoms with E-state index in [-0.39, 0.29) is 5.92 Å². The summed E-state index contributed by atoms with van der Waals surface area (Å²) in [5, 5.41) is 10.8. The first-order valence-corrected chi connectivity index (χ1v) is 8.42. The number of hydrogen-bond donors (Lipinski definition) is 1. The summed E-state index contributed by atoms with van der Waals surface area (Å²) in [7, 11) is 0. The SMILES string of the molecule is CCc1cc(N2CCC[C@@H]2[C@H]2COCC[C@]2(C)O)nc(C)n1. The molecule has 2 saturated heterocycles. The fourth-order valence-corrected chi connectivity index (χ4v) is 3.82. The Balaban J connectivity index is 1.88. The van der Waals surface area contributed by atoms with Gasteiger partial charge in [-0.25, -0.2) is 9.97 Å². The van der Waals surface area contributed by atoms with Crippen LogP contribution in [0.4, 0.5) is 5.82 Å². The summed E-state index contributed by atoms with van der Waals surface area (Å²) in [6.07, 6.45) is 3.86. The molecule has 1 aromatic rings. The molecule has 5 heteroatoms. The minimum atomic E-state index is -0.652. The molecule has 0 aliphatic carbocycles. The van der Waals surface area contributed by atoms with Gasteiger partial charge in [0.1, 0.15) is 11.6 Å². The van der Waals surface area contributed by atoms with E-state index in [4.69, 9.17) is 4.74 Å². The van der Waals surface area contributed by atoms with Gasteiger partial charge in [0.25, 0.3) is 0 Å². The molecule has 0 unspecified atom stereocenters. The average molecular weight is 305 g/mol. The predicted molar refractivity (Wildman–Crippen MR) is 86.1 cm³/mol. The van der Waals surface area contributed by atoms with E-state index < -0.39 is 5.60 Å². The van der Waals surface area contributed by atoms with Crippen molar-refractivity contribution in [1.29, 1.82) is 0 Å². The van der Waals surface area contributed by atoms with E-state index in [0.29, 0.717) is 25.7 Å². The van der Waals surface area contributed by atoms with Gasteiger partial charge in [0.2, 0.25) is 0 Å². The lowest BCUT2D eigenvalue weighted by Gasteiger charge is -2.43. The molecule has 1 N–H and O–H groups in total. The highest BCUT2D eigenvalue weighted by Crippen LogP contribution is 2.37. The zero-order valence-corrected chi connectivity index (χ0v) is 13.9. The molecule has 3 atom stereocenters. The van der Waals surface area contributed by atoms with Crippen LogP contribution >= 0.6 is 0 Å². The predicted octanol–water partition coefficient (Wildman–Crippen LogP) is 2.10. The molecule has 0 bridgehead atoms. The first kappa shape index (κ1) is 15.7. The zero-order valence-electron chi connectivity index (χ0n) is 13.9. The van der Waals surface area contributed by atoms with Gasteiger partial charge in [-0.3, -0.25) is 0 Å². The Morgan fingerprint density at radius 2 is 2.27 bits per heavy atom. The van der Waals surface area contributed by atoms with Crippen molar-refractivity contribution in [3.63, 3.8) is 0 Å². The Morgan fingerprint density at radius 3 is 3.00 bits per heavy atom. The van der Waals surface area contributed by atoms with E-state index in [1.54, 1.807) is 0 Å². The minimum Gasteiger partial charge on any atom is -0.390 e. The van der Waals surface area contributed by atoms with Crippen molar-refractivity contribution in [1.82, 2.24) is 9.97 Å². The Labute approximate surface area is 132 Å². The van der Waals surface area contributed by atoms with Crippen LogP contribution in [-0.4, -0.2) is 46.5 Å². The normalized spacial score (nSPS) is 32.5. The quantitative estimate of drug-likeness (QED) is 0.927. The van der Waals surface area contributed by atoms with Crippen LogP contribution in [0.25, 0.3) is 0 Å². The monoisotopic (exact) mass is 305 g/mol. The molecule has 0 spiro atoms. The van der Waals surface area contributed by atoms with Crippen molar-refractivity contribution in [2.45, 2.75) is 58.1 Å². The number of aliphatic hydroxyl groups is 1. The third-order valence-electron chi connectivity index (χ3n) is 5.15. The topological polar surface area (TPSA) is 58.5 Å². The molecule has 2 aliphatic rings. The Bertz CT molecular complexity index is 533. The van der Waals surface area contributed by atoms with E-state index in [1.807, 2.05) is 13.8 Å². The second kappa shape index (κ2) is 6.13. The highest BCUT2D eigenvalue weighted by atomic mass is 16.5. The molecule has 1 aromatic heterocycles. The van der Waals surface area contributed by atoms with Gasteiger partial charge in [-0.1, -0.05) is 6.92 Å². The van der Waals surface area contributed by atoms with E-state index in [0.717, 1.165) is 43.1 Å². The summed E-state index contributed by atoms with van der Waals surface area (Å²) in [5.74, 6) is 1.98. The molecule has 0 aromatic carbocycles. The summed E-state index contributed by atoms with van der Waals surface area (Å²) in [6, 6.07) is 2.40. The van der Waals surface area contributed by atoms with E-state index in [9.17, 15) is 5.11 Å². The Hall–Kier alpha value is -1.20. The number of aromatic nitrogens is 2. The van der Waals surface area contributed by atoms with Crippen LogP contribution in [0.15, 0.2) is 6.07 Å². The molecule has 2 fully saturated rings. The van der Waals surface area contributed by atoms with Crippen LogP contribution in [0.3, 0.4) is 0 Å². The average Bonchev–Trinajstić information content (AvgIpc) is 2.95. The summed E-state index contributed by atoms with van der Waals surface area (Å²) in [6.45, 7) is 8.32. The molecule has 22 heavy (non-hydrogen) atoms. The lowest BCUT2D eigenvalue weighted by molar-refractivity contribution is -0.108. The molecular formula is C17H27N3O2. The number of rotatable bonds is 3. The Morgan fingerprint density at radius 1 is 1.45 bits per heavy atom. The molecule has 0 saturated carbocycles. The van der Waals surface area contributed by atoms with Crippen LogP contribution in [-0.2, 0) is 11.2 Å². The Kier molecular flexibility index (Phi) is 4.37. The molecular weight excluding hydrogens is 278 g/mol. The van der Waals surface area contributed by atoms with Crippen molar-refractivity contribution in [3.05, 3.63) is 17.6 Å². The first-order valence-electron chi connectivity index (χ1n) is 8.42. The van der Waals surface area contributed by atoms with Gasteiger partial charge in [0, 0.05) is 36.9 Å². The molecule has 2 aliphatic heterocycles. The zero-order chi connectivity index (χ0) is 15.7. The molecule has 3 rings (SSSR count). The fourth-order valence-electron chi connectivity index (χ4n) is 3.82. The van der Waals surface area contributed by atoms with Gasteiger partial charge < -0.3 is 14.7 Å². The maximum atomic E-state index is 10.8. The lowest BCUT2D eigenvalue weighted by Crippen LogP contribution is -2.52. The summed E-state index contributed by atoms with van der Waals surface area (Å²) >= 11 is 0. The number of nitrogens with zero attached hydrogens (tertiary/aromatic N) is 3. The van der Waals surface area contributed by atoms with E-state index >= 15 is 0 Å². The van der Waals surface area contributed by atoms with E-state index in [1.165, 1.54) is 0 Å². The molecule has 3 heterocycles. The van der Waals surface area contributed by atoms with Crippen molar-refractivity contribution >= 4 is 5.82 Å². The minimum absolute atomic E-state index is 0.143. The maximum Gasteiger partial charge on any atom is 0.132 e. The number of anilines is 1.